The van der Waals surface area contributed by atoms with E-state index in [1.165, 1.54) is 5.56 Å². The van der Waals surface area contributed by atoms with Gasteiger partial charge in [-0.15, -0.1) is 0 Å². The summed E-state index contributed by atoms with van der Waals surface area (Å²) >= 11 is 0. The first-order valence-corrected chi connectivity index (χ1v) is 6.62. The maximum Gasteiger partial charge on any atom is 0.121 e. The summed E-state index contributed by atoms with van der Waals surface area (Å²) in [6, 6.07) is 12.4. The summed E-state index contributed by atoms with van der Waals surface area (Å²) in [5, 5.41) is 18.6. The van der Waals surface area contributed by atoms with Crippen LogP contribution in [0.25, 0.3) is 11.1 Å². The number of rotatable bonds is 4. The maximum atomic E-state index is 9.80. The third kappa shape index (κ3) is 3.15. The Bertz CT molecular complexity index is 533. The van der Waals surface area contributed by atoms with E-state index in [1.54, 1.807) is 0 Å². The second-order valence-electron chi connectivity index (χ2n) is 4.98. The molecule has 0 radical (unpaired) electrons. The van der Waals surface area contributed by atoms with Gasteiger partial charge in [0.1, 0.15) is 5.75 Å². The van der Waals surface area contributed by atoms with Crippen molar-refractivity contribution in [2.45, 2.75) is 26.7 Å². The Balaban J connectivity index is 2.27. The second kappa shape index (κ2) is 5.89. The molecular weight excluding hydrogens is 236 g/mol. The fraction of sp³-hybridized carbons (Fsp3) is 0.294. The average Bonchev–Trinajstić information content (AvgIpc) is 2.42. The monoisotopic (exact) mass is 256 g/mol. The highest BCUT2D eigenvalue weighted by Gasteiger charge is 2.05. The van der Waals surface area contributed by atoms with Crippen LogP contribution in [0.3, 0.4) is 0 Å². The van der Waals surface area contributed by atoms with Gasteiger partial charge in [-0.05, 0) is 66.6 Å². The molecular formula is C17H20O2. The molecule has 2 N–H and O–H groups in total. The molecule has 2 nitrogen and oxygen atoms in total. The summed E-state index contributed by atoms with van der Waals surface area (Å²) in [4.78, 5) is 0. The third-order valence-electron chi connectivity index (χ3n) is 3.40. The average molecular weight is 256 g/mol. The van der Waals surface area contributed by atoms with Crippen LogP contribution in [0.1, 0.15) is 23.1 Å². The fourth-order valence-electron chi connectivity index (χ4n) is 2.27. The lowest BCUT2D eigenvalue weighted by Gasteiger charge is -2.09. The van der Waals surface area contributed by atoms with Crippen LogP contribution in [-0.2, 0) is 6.42 Å². The van der Waals surface area contributed by atoms with E-state index >= 15 is 0 Å². The molecule has 0 fully saturated rings. The Kier molecular flexibility index (Phi) is 4.23. The van der Waals surface area contributed by atoms with E-state index < -0.39 is 0 Å². The van der Waals surface area contributed by atoms with Gasteiger partial charge in [-0.2, -0.15) is 0 Å². The van der Waals surface area contributed by atoms with Gasteiger partial charge < -0.3 is 10.2 Å². The van der Waals surface area contributed by atoms with E-state index in [0.29, 0.717) is 5.75 Å². The van der Waals surface area contributed by atoms with Crippen molar-refractivity contribution in [3.63, 3.8) is 0 Å². The molecule has 0 aromatic heterocycles. The highest BCUT2D eigenvalue weighted by Crippen LogP contribution is 2.29. The molecule has 0 aliphatic carbocycles. The minimum atomic E-state index is 0.234. The summed E-state index contributed by atoms with van der Waals surface area (Å²) in [6.07, 6.45) is 1.71. The first-order chi connectivity index (χ1) is 9.11. The standard InChI is InChI=1S/C17H20O2/c1-12-10-16(11-13(2)17(12)19)15-7-5-14(6-8-15)4-3-9-18/h5-8,10-11,18-19H,3-4,9H2,1-2H3. The van der Waals surface area contributed by atoms with Gasteiger partial charge in [0.25, 0.3) is 0 Å². The molecule has 0 unspecified atom stereocenters. The molecule has 0 heterocycles. The zero-order chi connectivity index (χ0) is 13.8. The number of benzene rings is 2. The van der Waals surface area contributed by atoms with E-state index in [0.717, 1.165) is 35.1 Å². The number of aryl methyl sites for hydroxylation is 3. The maximum absolute atomic E-state index is 9.80. The first-order valence-electron chi connectivity index (χ1n) is 6.62. The minimum absolute atomic E-state index is 0.234. The van der Waals surface area contributed by atoms with Crippen molar-refractivity contribution < 1.29 is 10.2 Å². The number of hydrogen-bond donors (Lipinski definition) is 2. The molecule has 0 aliphatic heterocycles. The number of phenolic OH excluding ortho intramolecular Hbond substituents is 1. The van der Waals surface area contributed by atoms with E-state index in [9.17, 15) is 5.11 Å². The highest BCUT2D eigenvalue weighted by atomic mass is 16.3. The topological polar surface area (TPSA) is 40.5 Å². The van der Waals surface area contributed by atoms with Gasteiger partial charge in [0.05, 0.1) is 0 Å². The molecule has 100 valence electrons. The lowest BCUT2D eigenvalue weighted by molar-refractivity contribution is 0.288. The van der Waals surface area contributed by atoms with Crippen molar-refractivity contribution in [2.75, 3.05) is 6.61 Å². The summed E-state index contributed by atoms with van der Waals surface area (Å²) in [7, 11) is 0. The van der Waals surface area contributed by atoms with Gasteiger partial charge in [-0.25, -0.2) is 0 Å². The van der Waals surface area contributed by atoms with E-state index in [1.807, 2.05) is 26.0 Å². The Labute approximate surface area is 114 Å². The summed E-state index contributed by atoms with van der Waals surface area (Å²) in [5.41, 5.74) is 5.32. The van der Waals surface area contributed by atoms with Crippen molar-refractivity contribution >= 4 is 0 Å². The van der Waals surface area contributed by atoms with Gasteiger partial charge >= 0.3 is 0 Å². The van der Waals surface area contributed by atoms with Crippen molar-refractivity contribution in [1.82, 2.24) is 0 Å². The van der Waals surface area contributed by atoms with Crippen LogP contribution in [0.2, 0.25) is 0 Å². The van der Waals surface area contributed by atoms with Crippen LogP contribution in [0.5, 0.6) is 5.75 Å². The molecule has 0 bridgehead atoms. The molecule has 2 aromatic carbocycles. The second-order valence-corrected chi connectivity index (χ2v) is 4.98. The number of hydrogen-bond acceptors (Lipinski definition) is 2. The van der Waals surface area contributed by atoms with Gasteiger partial charge in [-0.3, -0.25) is 0 Å². The predicted molar refractivity (Wildman–Crippen MR) is 78.4 cm³/mol. The van der Waals surface area contributed by atoms with Gasteiger partial charge in [-0.1, -0.05) is 24.3 Å². The van der Waals surface area contributed by atoms with E-state index in [-0.39, 0.29) is 6.61 Å². The Hall–Kier alpha value is -1.80. The van der Waals surface area contributed by atoms with Crippen LogP contribution < -0.4 is 0 Å². The zero-order valence-electron chi connectivity index (χ0n) is 11.5. The highest BCUT2D eigenvalue weighted by molar-refractivity contribution is 5.67. The van der Waals surface area contributed by atoms with Crippen LogP contribution in [0, 0.1) is 13.8 Å². The third-order valence-corrected chi connectivity index (χ3v) is 3.40. The molecule has 0 amide bonds. The van der Waals surface area contributed by atoms with Crippen LogP contribution >= 0.6 is 0 Å². The SMILES string of the molecule is Cc1cc(-c2ccc(CCCO)cc2)cc(C)c1O. The van der Waals surface area contributed by atoms with Gasteiger partial charge in [0.2, 0.25) is 0 Å². The van der Waals surface area contributed by atoms with Crippen LogP contribution in [-0.4, -0.2) is 16.8 Å². The minimum Gasteiger partial charge on any atom is -0.507 e. The molecule has 0 atom stereocenters. The Morgan fingerprint density at radius 2 is 1.47 bits per heavy atom. The first kappa shape index (κ1) is 13.6. The fourth-order valence-corrected chi connectivity index (χ4v) is 2.27. The summed E-state index contributed by atoms with van der Waals surface area (Å²) in [5.74, 6) is 0.378. The lowest BCUT2D eigenvalue weighted by Crippen LogP contribution is -1.90. The molecule has 2 aromatic rings. The number of aliphatic hydroxyl groups is 1. The molecule has 0 saturated heterocycles. The van der Waals surface area contributed by atoms with Crippen molar-refractivity contribution in [1.29, 1.82) is 0 Å². The Morgan fingerprint density at radius 1 is 0.895 bits per heavy atom. The normalized spacial score (nSPS) is 10.7. The lowest BCUT2D eigenvalue weighted by atomic mass is 9.98. The van der Waals surface area contributed by atoms with Crippen molar-refractivity contribution in [2.24, 2.45) is 0 Å². The Morgan fingerprint density at radius 3 is 2.00 bits per heavy atom. The van der Waals surface area contributed by atoms with Gasteiger partial charge in [0.15, 0.2) is 0 Å². The summed E-state index contributed by atoms with van der Waals surface area (Å²) < 4.78 is 0. The smallest absolute Gasteiger partial charge is 0.121 e. The zero-order valence-corrected chi connectivity index (χ0v) is 11.5. The van der Waals surface area contributed by atoms with E-state index in [2.05, 4.69) is 24.3 Å². The molecule has 19 heavy (non-hydrogen) atoms. The molecule has 0 spiro atoms. The molecule has 0 saturated carbocycles. The summed E-state index contributed by atoms with van der Waals surface area (Å²) in [6.45, 7) is 4.07. The van der Waals surface area contributed by atoms with Crippen molar-refractivity contribution in [3.05, 3.63) is 53.1 Å². The van der Waals surface area contributed by atoms with Crippen molar-refractivity contribution in [3.8, 4) is 16.9 Å². The number of phenols is 1. The predicted octanol–water partition coefficient (Wildman–Crippen LogP) is 3.60. The molecule has 0 aliphatic rings. The largest absolute Gasteiger partial charge is 0.507 e. The number of aromatic hydroxyl groups is 1. The quantitative estimate of drug-likeness (QED) is 0.877. The molecule has 2 heteroatoms. The van der Waals surface area contributed by atoms with Gasteiger partial charge in [0, 0.05) is 6.61 Å². The van der Waals surface area contributed by atoms with E-state index in [4.69, 9.17) is 5.11 Å². The number of aliphatic hydroxyl groups excluding tert-OH is 1. The molecule has 2 rings (SSSR count). The van der Waals surface area contributed by atoms with Crippen LogP contribution in [0.15, 0.2) is 36.4 Å². The van der Waals surface area contributed by atoms with Crippen LogP contribution in [0.4, 0.5) is 0 Å².